The topological polar surface area (TPSA) is 77.4 Å². The standard InChI is InChI=1S/C19H20F2N6OS/c20-14-3-1-13(2-4-14)16-12-29-19(23-16)25-17-15(21)11-22-18(24-17)27-7-5-26(6-8-27)9-10-28/h1-4,11-12,28H,5-10H2,(H,22,23,24,25). The van der Waals surface area contributed by atoms with Gasteiger partial charge in [-0.05, 0) is 24.3 Å². The van der Waals surface area contributed by atoms with Crippen molar-refractivity contribution in [1.82, 2.24) is 19.9 Å². The Bertz CT molecular complexity index is 960. The highest BCUT2D eigenvalue weighted by Crippen LogP contribution is 2.28. The summed E-state index contributed by atoms with van der Waals surface area (Å²) in [4.78, 5) is 17.0. The van der Waals surface area contributed by atoms with Gasteiger partial charge in [-0.1, -0.05) is 0 Å². The fourth-order valence-corrected chi connectivity index (χ4v) is 3.82. The second kappa shape index (κ2) is 8.76. The molecular weight excluding hydrogens is 398 g/mol. The van der Waals surface area contributed by atoms with Gasteiger partial charge in [0.1, 0.15) is 5.82 Å². The van der Waals surface area contributed by atoms with Gasteiger partial charge in [-0.15, -0.1) is 11.3 Å². The lowest BCUT2D eigenvalue weighted by Crippen LogP contribution is -2.47. The summed E-state index contributed by atoms with van der Waals surface area (Å²) in [5.74, 6) is -0.359. The van der Waals surface area contributed by atoms with Crippen molar-refractivity contribution < 1.29 is 13.9 Å². The van der Waals surface area contributed by atoms with Crippen molar-refractivity contribution in [2.75, 3.05) is 49.5 Å². The maximum Gasteiger partial charge on any atom is 0.227 e. The van der Waals surface area contributed by atoms with E-state index in [1.807, 2.05) is 10.3 Å². The summed E-state index contributed by atoms with van der Waals surface area (Å²) >= 11 is 1.31. The van der Waals surface area contributed by atoms with Crippen LogP contribution in [0.5, 0.6) is 0 Å². The molecule has 0 unspecified atom stereocenters. The van der Waals surface area contributed by atoms with Crippen molar-refractivity contribution in [3.8, 4) is 11.3 Å². The maximum atomic E-state index is 14.3. The third kappa shape index (κ3) is 4.66. The van der Waals surface area contributed by atoms with Gasteiger partial charge in [0.15, 0.2) is 16.8 Å². The average molecular weight is 418 g/mol. The average Bonchev–Trinajstić information content (AvgIpc) is 3.20. The lowest BCUT2D eigenvalue weighted by atomic mass is 10.2. The highest BCUT2D eigenvalue weighted by atomic mass is 32.1. The molecule has 0 spiro atoms. The van der Waals surface area contributed by atoms with Crippen LogP contribution in [-0.4, -0.2) is 64.3 Å². The van der Waals surface area contributed by atoms with Crippen molar-refractivity contribution in [2.45, 2.75) is 0 Å². The summed E-state index contributed by atoms with van der Waals surface area (Å²) in [5.41, 5.74) is 1.45. The Kier molecular flexibility index (Phi) is 5.93. The molecule has 0 bridgehead atoms. The molecule has 1 saturated heterocycles. The van der Waals surface area contributed by atoms with Crippen LogP contribution in [0, 0.1) is 11.6 Å². The van der Waals surface area contributed by atoms with Crippen LogP contribution in [0.4, 0.5) is 25.7 Å². The van der Waals surface area contributed by atoms with E-state index in [-0.39, 0.29) is 18.2 Å². The van der Waals surface area contributed by atoms with Gasteiger partial charge in [0, 0.05) is 43.7 Å². The van der Waals surface area contributed by atoms with Crippen molar-refractivity contribution in [2.24, 2.45) is 0 Å². The van der Waals surface area contributed by atoms with Gasteiger partial charge in [-0.3, -0.25) is 4.90 Å². The Balaban J connectivity index is 1.47. The third-order valence-corrected chi connectivity index (χ3v) is 5.43. The molecule has 2 N–H and O–H groups in total. The number of β-amino-alcohol motifs (C(OH)–C–C–N with tert-alkyl or cyclic N) is 1. The van der Waals surface area contributed by atoms with Crippen LogP contribution in [0.2, 0.25) is 0 Å². The number of nitrogens with one attached hydrogen (secondary N) is 1. The summed E-state index contributed by atoms with van der Waals surface area (Å²) in [5, 5.41) is 14.3. The molecule has 3 aromatic rings. The number of aromatic nitrogens is 3. The molecule has 1 aliphatic rings. The highest BCUT2D eigenvalue weighted by Gasteiger charge is 2.20. The van der Waals surface area contributed by atoms with E-state index in [1.165, 1.54) is 23.5 Å². The van der Waals surface area contributed by atoms with Crippen LogP contribution in [-0.2, 0) is 0 Å². The fraction of sp³-hybridized carbons (Fsp3) is 0.316. The molecule has 0 amide bonds. The van der Waals surface area contributed by atoms with Crippen LogP contribution in [0.25, 0.3) is 11.3 Å². The Morgan fingerprint density at radius 3 is 2.55 bits per heavy atom. The Morgan fingerprint density at radius 1 is 1.07 bits per heavy atom. The number of thiazole rings is 1. The third-order valence-electron chi connectivity index (χ3n) is 4.67. The molecule has 0 aliphatic carbocycles. The summed E-state index contributed by atoms with van der Waals surface area (Å²) in [6.07, 6.45) is 1.15. The summed E-state index contributed by atoms with van der Waals surface area (Å²) in [7, 11) is 0. The molecule has 0 radical (unpaired) electrons. The predicted octanol–water partition coefficient (Wildman–Crippen LogP) is 2.74. The number of hydrogen-bond acceptors (Lipinski definition) is 8. The van der Waals surface area contributed by atoms with Crippen LogP contribution in [0.3, 0.4) is 0 Å². The lowest BCUT2D eigenvalue weighted by Gasteiger charge is -2.34. The van der Waals surface area contributed by atoms with E-state index in [2.05, 4.69) is 25.2 Å². The molecule has 10 heteroatoms. The molecule has 1 aromatic carbocycles. The van der Waals surface area contributed by atoms with Gasteiger partial charge in [0.25, 0.3) is 0 Å². The Morgan fingerprint density at radius 2 is 1.83 bits per heavy atom. The first-order chi connectivity index (χ1) is 14.1. The SMILES string of the molecule is OCCN1CCN(c2ncc(F)c(Nc3nc(-c4ccc(F)cc4)cs3)n2)CC1. The van der Waals surface area contributed by atoms with Crippen molar-refractivity contribution in [3.63, 3.8) is 0 Å². The normalized spacial score (nSPS) is 14.9. The second-order valence-electron chi connectivity index (χ2n) is 6.59. The quantitative estimate of drug-likeness (QED) is 0.637. The number of piperazine rings is 1. The first kappa shape index (κ1) is 19.6. The van der Waals surface area contributed by atoms with E-state index >= 15 is 0 Å². The van der Waals surface area contributed by atoms with E-state index < -0.39 is 5.82 Å². The molecule has 1 fully saturated rings. The molecule has 0 atom stereocenters. The van der Waals surface area contributed by atoms with Gasteiger partial charge in [0.05, 0.1) is 18.5 Å². The Labute approximate surface area is 170 Å². The van der Waals surface area contributed by atoms with E-state index in [0.717, 1.165) is 24.8 Å². The van der Waals surface area contributed by atoms with E-state index in [9.17, 15) is 8.78 Å². The van der Waals surface area contributed by atoms with Gasteiger partial charge in [-0.2, -0.15) is 4.98 Å². The van der Waals surface area contributed by atoms with Gasteiger partial charge < -0.3 is 15.3 Å². The number of anilines is 3. The monoisotopic (exact) mass is 418 g/mol. The van der Waals surface area contributed by atoms with Gasteiger partial charge >= 0.3 is 0 Å². The van der Waals surface area contributed by atoms with Crippen molar-refractivity contribution in [1.29, 1.82) is 0 Å². The minimum absolute atomic E-state index is 0.0628. The predicted molar refractivity (Wildman–Crippen MR) is 109 cm³/mol. The number of hydrogen-bond donors (Lipinski definition) is 2. The molecule has 2 aromatic heterocycles. The second-order valence-corrected chi connectivity index (χ2v) is 7.45. The highest BCUT2D eigenvalue weighted by molar-refractivity contribution is 7.14. The molecule has 3 heterocycles. The van der Waals surface area contributed by atoms with Crippen LogP contribution >= 0.6 is 11.3 Å². The molecule has 4 rings (SSSR count). The molecular formula is C19H20F2N6OS. The lowest BCUT2D eigenvalue weighted by molar-refractivity contribution is 0.188. The summed E-state index contributed by atoms with van der Waals surface area (Å²) < 4.78 is 27.3. The summed E-state index contributed by atoms with van der Waals surface area (Å²) in [6.45, 7) is 3.77. The van der Waals surface area contributed by atoms with Crippen molar-refractivity contribution >= 4 is 28.2 Å². The smallest absolute Gasteiger partial charge is 0.227 e. The number of rotatable bonds is 6. The first-order valence-electron chi connectivity index (χ1n) is 9.21. The van der Waals surface area contributed by atoms with E-state index in [0.29, 0.717) is 36.4 Å². The summed E-state index contributed by atoms with van der Waals surface area (Å²) in [6, 6.07) is 6.04. The molecule has 152 valence electrons. The number of aliphatic hydroxyl groups is 1. The molecule has 7 nitrogen and oxygen atoms in total. The fourth-order valence-electron chi connectivity index (χ4n) is 3.10. The molecule has 0 saturated carbocycles. The minimum atomic E-state index is -0.564. The van der Waals surface area contributed by atoms with Gasteiger partial charge in [-0.25, -0.2) is 18.7 Å². The number of aliphatic hydroxyl groups excluding tert-OH is 1. The largest absolute Gasteiger partial charge is 0.395 e. The van der Waals surface area contributed by atoms with E-state index in [4.69, 9.17) is 5.11 Å². The zero-order valence-corrected chi connectivity index (χ0v) is 16.4. The van der Waals surface area contributed by atoms with Crippen molar-refractivity contribution in [3.05, 3.63) is 47.5 Å². The minimum Gasteiger partial charge on any atom is -0.395 e. The maximum absolute atomic E-state index is 14.3. The zero-order valence-electron chi connectivity index (χ0n) is 15.6. The van der Waals surface area contributed by atoms with Crippen LogP contribution in [0.15, 0.2) is 35.8 Å². The molecule has 29 heavy (non-hydrogen) atoms. The number of benzene rings is 1. The number of halogens is 2. The van der Waals surface area contributed by atoms with E-state index in [1.54, 1.807) is 12.1 Å². The van der Waals surface area contributed by atoms with Gasteiger partial charge in [0.2, 0.25) is 5.95 Å². The first-order valence-corrected chi connectivity index (χ1v) is 10.1. The number of nitrogens with zero attached hydrogens (tertiary/aromatic N) is 5. The van der Waals surface area contributed by atoms with Crippen LogP contribution in [0.1, 0.15) is 0 Å². The zero-order chi connectivity index (χ0) is 20.2. The Hall–Kier alpha value is -2.69. The van der Waals surface area contributed by atoms with Crippen LogP contribution < -0.4 is 10.2 Å². The molecule has 1 aliphatic heterocycles.